The highest BCUT2D eigenvalue weighted by molar-refractivity contribution is 5.72. The number of anilines is 2. The van der Waals surface area contributed by atoms with Crippen LogP contribution in [0.3, 0.4) is 0 Å². The predicted octanol–water partition coefficient (Wildman–Crippen LogP) is 3.76. The molecule has 0 radical (unpaired) electrons. The molecule has 1 saturated heterocycles. The van der Waals surface area contributed by atoms with Crippen molar-refractivity contribution in [1.82, 2.24) is 24.6 Å². The Morgan fingerprint density at radius 1 is 0.758 bits per heavy atom. The molecule has 1 aromatic carbocycles. The van der Waals surface area contributed by atoms with Crippen LogP contribution in [0.1, 0.15) is 22.6 Å². The highest BCUT2D eigenvalue weighted by Crippen LogP contribution is 2.29. The molecule has 1 fully saturated rings. The Bertz CT molecular complexity index is 1280. The molecule has 0 unspecified atom stereocenters. The highest BCUT2D eigenvalue weighted by atomic mass is 16.5. The van der Waals surface area contributed by atoms with Crippen molar-refractivity contribution in [3.63, 3.8) is 0 Å². The third-order valence-corrected chi connectivity index (χ3v) is 6.15. The van der Waals surface area contributed by atoms with E-state index in [1.807, 2.05) is 55.6 Å². The molecule has 8 nitrogen and oxygen atoms in total. The molecular formula is C25H29N7O. The van der Waals surface area contributed by atoms with Gasteiger partial charge in [0, 0.05) is 60.5 Å². The fraction of sp³-hybridized carbons (Fsp3) is 0.360. The number of methoxy groups -OCH3 is 1. The van der Waals surface area contributed by atoms with E-state index < -0.39 is 0 Å². The number of hydrogen-bond donors (Lipinski definition) is 0. The van der Waals surface area contributed by atoms with Crippen LogP contribution in [0, 0.1) is 27.7 Å². The van der Waals surface area contributed by atoms with Crippen LogP contribution in [0.4, 0.5) is 11.8 Å². The average Bonchev–Trinajstić information content (AvgIpc) is 3.14. The Morgan fingerprint density at radius 3 is 2.00 bits per heavy atom. The van der Waals surface area contributed by atoms with E-state index in [1.54, 1.807) is 7.11 Å². The first-order chi connectivity index (χ1) is 15.9. The zero-order valence-electron chi connectivity index (χ0n) is 19.8. The summed E-state index contributed by atoms with van der Waals surface area (Å²) < 4.78 is 7.30. The Balaban J connectivity index is 1.46. The minimum Gasteiger partial charge on any atom is -0.497 e. The molecule has 1 aliphatic rings. The van der Waals surface area contributed by atoms with Crippen molar-refractivity contribution < 1.29 is 4.74 Å². The summed E-state index contributed by atoms with van der Waals surface area (Å²) in [5, 5.41) is 4.99. The lowest BCUT2D eigenvalue weighted by molar-refractivity contribution is 0.415. The van der Waals surface area contributed by atoms with Gasteiger partial charge in [-0.15, -0.1) is 0 Å². The smallest absolute Gasteiger partial charge is 0.225 e. The van der Waals surface area contributed by atoms with Crippen LogP contribution in [0.2, 0.25) is 0 Å². The summed E-state index contributed by atoms with van der Waals surface area (Å²) in [6.45, 7) is 11.6. The second kappa shape index (κ2) is 8.35. The van der Waals surface area contributed by atoms with E-state index in [-0.39, 0.29) is 0 Å². The minimum atomic E-state index is 0.819. The van der Waals surface area contributed by atoms with Gasteiger partial charge in [0.1, 0.15) is 11.6 Å². The maximum absolute atomic E-state index is 5.30. The molecule has 0 atom stereocenters. The van der Waals surface area contributed by atoms with Gasteiger partial charge in [0.2, 0.25) is 5.95 Å². The number of nitrogens with zero attached hydrogens (tertiary/aromatic N) is 7. The van der Waals surface area contributed by atoms with Crippen LogP contribution < -0.4 is 14.5 Å². The number of aromatic nitrogens is 5. The number of rotatable bonds is 4. The largest absolute Gasteiger partial charge is 0.497 e. The SMILES string of the molecule is COc1ccc(-c2nn3c(N4CCN(c5nc(C)cc(C)n5)CC4)cc(C)nc3c2C)cc1. The molecule has 0 amide bonds. The maximum atomic E-state index is 5.30. The number of ether oxygens (including phenoxy) is 1. The van der Waals surface area contributed by atoms with E-state index in [2.05, 4.69) is 32.8 Å². The van der Waals surface area contributed by atoms with Gasteiger partial charge in [-0.05, 0) is 58.0 Å². The zero-order chi connectivity index (χ0) is 23.1. The first-order valence-corrected chi connectivity index (χ1v) is 11.3. The van der Waals surface area contributed by atoms with Crippen LogP contribution in [-0.2, 0) is 0 Å². The number of benzene rings is 1. The van der Waals surface area contributed by atoms with Crippen molar-refractivity contribution in [2.75, 3.05) is 43.1 Å². The van der Waals surface area contributed by atoms with Crippen LogP contribution in [-0.4, -0.2) is 57.9 Å². The highest BCUT2D eigenvalue weighted by Gasteiger charge is 2.23. The van der Waals surface area contributed by atoms with E-state index in [0.717, 1.165) is 83.2 Å². The molecule has 0 saturated carbocycles. The topological polar surface area (TPSA) is 71.7 Å². The molecule has 170 valence electrons. The van der Waals surface area contributed by atoms with E-state index in [0.29, 0.717) is 0 Å². The van der Waals surface area contributed by atoms with Crippen molar-refractivity contribution in [3.05, 3.63) is 59.0 Å². The van der Waals surface area contributed by atoms with E-state index in [1.165, 1.54) is 0 Å². The fourth-order valence-electron chi connectivity index (χ4n) is 4.46. The molecule has 0 bridgehead atoms. The number of hydrogen-bond acceptors (Lipinski definition) is 7. The molecule has 3 aromatic heterocycles. The molecule has 4 aromatic rings. The monoisotopic (exact) mass is 443 g/mol. The summed E-state index contributed by atoms with van der Waals surface area (Å²) in [4.78, 5) is 18.7. The molecule has 1 aliphatic heterocycles. The quantitative estimate of drug-likeness (QED) is 0.476. The lowest BCUT2D eigenvalue weighted by atomic mass is 10.1. The minimum absolute atomic E-state index is 0.819. The summed E-state index contributed by atoms with van der Waals surface area (Å²) in [6.07, 6.45) is 0. The molecule has 33 heavy (non-hydrogen) atoms. The number of piperazine rings is 1. The van der Waals surface area contributed by atoms with Crippen LogP contribution >= 0.6 is 0 Å². The molecule has 0 aliphatic carbocycles. The Labute approximate surface area is 193 Å². The van der Waals surface area contributed by atoms with Gasteiger partial charge in [0.05, 0.1) is 12.8 Å². The molecule has 0 N–H and O–H groups in total. The lowest BCUT2D eigenvalue weighted by Gasteiger charge is -2.36. The second-order valence-electron chi connectivity index (χ2n) is 8.62. The van der Waals surface area contributed by atoms with Crippen LogP contribution in [0.15, 0.2) is 36.4 Å². The summed E-state index contributed by atoms with van der Waals surface area (Å²) >= 11 is 0. The molecular weight excluding hydrogens is 414 g/mol. The number of fused-ring (bicyclic) bond motifs is 1. The molecule has 4 heterocycles. The van der Waals surface area contributed by atoms with E-state index >= 15 is 0 Å². The first-order valence-electron chi connectivity index (χ1n) is 11.3. The molecule has 8 heteroatoms. The number of aryl methyl sites for hydroxylation is 4. The summed E-state index contributed by atoms with van der Waals surface area (Å²) in [5.41, 5.74) is 6.97. The Hall–Kier alpha value is -3.68. The van der Waals surface area contributed by atoms with Crippen LogP contribution in [0.25, 0.3) is 16.9 Å². The van der Waals surface area contributed by atoms with Crippen LogP contribution in [0.5, 0.6) is 5.75 Å². The van der Waals surface area contributed by atoms with Crippen molar-refractivity contribution in [2.24, 2.45) is 0 Å². The van der Waals surface area contributed by atoms with Crippen molar-refractivity contribution >= 4 is 17.4 Å². The average molecular weight is 444 g/mol. The van der Waals surface area contributed by atoms with Crippen molar-refractivity contribution in [3.8, 4) is 17.0 Å². The van der Waals surface area contributed by atoms with E-state index in [4.69, 9.17) is 14.8 Å². The van der Waals surface area contributed by atoms with Gasteiger partial charge in [-0.3, -0.25) is 0 Å². The van der Waals surface area contributed by atoms with Crippen molar-refractivity contribution in [2.45, 2.75) is 27.7 Å². The first kappa shape index (κ1) is 21.2. The van der Waals surface area contributed by atoms with Crippen molar-refractivity contribution in [1.29, 1.82) is 0 Å². The molecule has 0 spiro atoms. The zero-order valence-corrected chi connectivity index (χ0v) is 19.8. The van der Waals surface area contributed by atoms with Gasteiger partial charge in [0.25, 0.3) is 0 Å². The van der Waals surface area contributed by atoms with Gasteiger partial charge in [0.15, 0.2) is 5.65 Å². The maximum Gasteiger partial charge on any atom is 0.225 e. The van der Waals surface area contributed by atoms with Gasteiger partial charge < -0.3 is 14.5 Å². The second-order valence-corrected chi connectivity index (χ2v) is 8.62. The molecule has 5 rings (SSSR count). The van der Waals surface area contributed by atoms with Gasteiger partial charge >= 0.3 is 0 Å². The van der Waals surface area contributed by atoms with Gasteiger partial charge in [-0.1, -0.05) is 0 Å². The fourth-order valence-corrected chi connectivity index (χ4v) is 4.46. The third-order valence-electron chi connectivity index (χ3n) is 6.15. The lowest BCUT2D eigenvalue weighted by Crippen LogP contribution is -2.47. The summed E-state index contributed by atoms with van der Waals surface area (Å²) in [6, 6.07) is 12.2. The van der Waals surface area contributed by atoms with E-state index in [9.17, 15) is 0 Å². The Kier molecular flexibility index (Phi) is 5.36. The third kappa shape index (κ3) is 3.97. The Morgan fingerprint density at radius 2 is 1.36 bits per heavy atom. The van der Waals surface area contributed by atoms with Gasteiger partial charge in [-0.2, -0.15) is 9.61 Å². The standard InChI is InChI=1S/C25H29N7O/c1-16-14-17(2)28-25(27-16)31-12-10-30(11-13-31)22-15-18(3)26-24-19(4)23(29-32(22)24)20-6-8-21(33-5)9-7-20/h6-9,14-15H,10-13H2,1-5H3. The summed E-state index contributed by atoms with van der Waals surface area (Å²) in [5.74, 6) is 2.72. The normalized spacial score (nSPS) is 14.2. The van der Waals surface area contributed by atoms with Gasteiger partial charge in [-0.25, -0.2) is 15.0 Å². The predicted molar refractivity (Wildman–Crippen MR) is 130 cm³/mol. The summed E-state index contributed by atoms with van der Waals surface area (Å²) in [7, 11) is 1.68.